The minimum atomic E-state index is -1.37. The summed E-state index contributed by atoms with van der Waals surface area (Å²) in [6.07, 6.45) is -4.91. The van der Waals surface area contributed by atoms with E-state index in [2.05, 4.69) is 20.6 Å². The SMILES string of the molecule is CCCNC(=NC[C@H]1O[C@H](OC)[C@H](O)[C@@H](O)[C@@H]1O)Nc1nc2ccccc2s1. The topological polar surface area (TPSA) is 128 Å². The van der Waals surface area contributed by atoms with Crippen LogP contribution in [0.2, 0.25) is 0 Å². The number of nitrogens with zero attached hydrogens (tertiary/aromatic N) is 2. The Labute approximate surface area is 167 Å². The molecule has 9 nitrogen and oxygen atoms in total. The van der Waals surface area contributed by atoms with E-state index in [9.17, 15) is 15.3 Å². The third-order valence-corrected chi connectivity index (χ3v) is 5.34. The predicted octanol–water partition coefficient (Wildman–Crippen LogP) is 0.518. The van der Waals surface area contributed by atoms with Gasteiger partial charge in [0.2, 0.25) is 0 Å². The first-order chi connectivity index (χ1) is 13.5. The van der Waals surface area contributed by atoms with Gasteiger partial charge < -0.3 is 35.4 Å². The van der Waals surface area contributed by atoms with Crippen molar-refractivity contribution in [1.29, 1.82) is 0 Å². The number of rotatable bonds is 6. The lowest BCUT2D eigenvalue weighted by Gasteiger charge is -2.39. The zero-order chi connectivity index (χ0) is 20.1. The third kappa shape index (κ3) is 4.77. The van der Waals surface area contributed by atoms with Gasteiger partial charge in [-0.2, -0.15) is 0 Å². The van der Waals surface area contributed by atoms with E-state index in [-0.39, 0.29) is 6.54 Å². The number of ether oxygens (including phenoxy) is 2. The molecule has 3 rings (SSSR count). The molecule has 1 aromatic carbocycles. The second kappa shape index (κ2) is 9.59. The van der Waals surface area contributed by atoms with Crippen molar-refractivity contribution >= 4 is 32.6 Å². The van der Waals surface area contributed by atoms with E-state index in [1.165, 1.54) is 18.4 Å². The van der Waals surface area contributed by atoms with Gasteiger partial charge in [-0.3, -0.25) is 4.99 Å². The fourth-order valence-electron chi connectivity index (χ4n) is 2.85. The summed E-state index contributed by atoms with van der Waals surface area (Å²) >= 11 is 1.51. The van der Waals surface area contributed by atoms with Crippen molar-refractivity contribution in [1.82, 2.24) is 10.3 Å². The molecule has 1 fully saturated rings. The summed E-state index contributed by atoms with van der Waals surface area (Å²) < 4.78 is 11.6. The summed E-state index contributed by atoms with van der Waals surface area (Å²) in [5.41, 5.74) is 0.899. The van der Waals surface area contributed by atoms with Crippen molar-refractivity contribution in [3.63, 3.8) is 0 Å². The van der Waals surface area contributed by atoms with Crippen LogP contribution in [0, 0.1) is 0 Å². The van der Waals surface area contributed by atoms with Crippen LogP contribution in [0.25, 0.3) is 10.2 Å². The van der Waals surface area contributed by atoms with Gasteiger partial charge in [0.15, 0.2) is 17.4 Å². The van der Waals surface area contributed by atoms with Crippen molar-refractivity contribution in [2.24, 2.45) is 4.99 Å². The van der Waals surface area contributed by atoms with Crippen LogP contribution in [0.1, 0.15) is 13.3 Å². The lowest BCUT2D eigenvalue weighted by atomic mass is 9.99. The molecule has 28 heavy (non-hydrogen) atoms. The smallest absolute Gasteiger partial charge is 0.197 e. The molecule has 0 amide bonds. The van der Waals surface area contributed by atoms with Gasteiger partial charge in [-0.1, -0.05) is 30.4 Å². The maximum atomic E-state index is 10.2. The van der Waals surface area contributed by atoms with Crippen LogP contribution in [0.4, 0.5) is 5.13 Å². The first-order valence-corrected chi connectivity index (χ1v) is 9.98. The van der Waals surface area contributed by atoms with Gasteiger partial charge in [-0.25, -0.2) is 4.98 Å². The third-order valence-electron chi connectivity index (χ3n) is 4.39. The van der Waals surface area contributed by atoms with Gasteiger partial charge in [-0.05, 0) is 18.6 Å². The highest BCUT2D eigenvalue weighted by molar-refractivity contribution is 7.22. The fraction of sp³-hybridized carbons (Fsp3) is 0.556. The molecule has 1 aliphatic rings. The molecule has 10 heteroatoms. The predicted molar refractivity (Wildman–Crippen MR) is 108 cm³/mol. The number of para-hydroxylation sites is 1. The zero-order valence-corrected chi connectivity index (χ0v) is 16.6. The number of fused-ring (bicyclic) bond motifs is 1. The fourth-order valence-corrected chi connectivity index (χ4v) is 3.72. The lowest BCUT2D eigenvalue weighted by molar-refractivity contribution is -0.287. The van der Waals surface area contributed by atoms with Crippen LogP contribution in [0.3, 0.4) is 0 Å². The summed E-state index contributed by atoms with van der Waals surface area (Å²) in [5.74, 6) is 0.492. The molecule has 0 unspecified atom stereocenters. The van der Waals surface area contributed by atoms with Gasteiger partial charge in [0.1, 0.15) is 24.4 Å². The summed E-state index contributed by atoms with van der Waals surface area (Å²) in [6.45, 7) is 2.80. The average Bonchev–Trinajstić information content (AvgIpc) is 3.11. The van der Waals surface area contributed by atoms with E-state index in [1.54, 1.807) is 0 Å². The second-order valence-electron chi connectivity index (χ2n) is 6.48. The Morgan fingerprint density at radius 2 is 2.04 bits per heavy atom. The standard InChI is InChI=1S/C18H26N4O5S/c1-3-8-19-17(22-18-21-10-6-4-5-7-12(10)28-18)20-9-11-13(23)14(24)15(25)16(26-2)27-11/h4-7,11,13-16,23-25H,3,8-9H2,1-2H3,(H2,19,20,21,22)/t11-,13-,14+,15-,16+/m1/s1. The van der Waals surface area contributed by atoms with Crippen LogP contribution in [0.15, 0.2) is 29.3 Å². The highest BCUT2D eigenvalue weighted by atomic mass is 32.1. The van der Waals surface area contributed by atoms with E-state index in [0.29, 0.717) is 17.6 Å². The minimum Gasteiger partial charge on any atom is -0.388 e. The monoisotopic (exact) mass is 410 g/mol. The van der Waals surface area contributed by atoms with Crippen LogP contribution in [-0.2, 0) is 9.47 Å². The highest BCUT2D eigenvalue weighted by Gasteiger charge is 2.43. The number of benzene rings is 1. The van der Waals surface area contributed by atoms with Gasteiger partial charge in [-0.15, -0.1) is 0 Å². The van der Waals surface area contributed by atoms with Crippen LogP contribution < -0.4 is 10.6 Å². The molecule has 0 radical (unpaired) electrons. The Balaban J connectivity index is 1.72. The molecular formula is C18H26N4O5S. The van der Waals surface area contributed by atoms with Gasteiger partial charge in [0.25, 0.3) is 0 Å². The molecule has 0 saturated carbocycles. The summed E-state index contributed by atoms with van der Waals surface area (Å²) in [5, 5.41) is 37.1. The number of aromatic nitrogens is 1. The molecule has 0 aliphatic carbocycles. The van der Waals surface area contributed by atoms with Crippen LogP contribution in [-0.4, -0.2) is 77.2 Å². The van der Waals surface area contributed by atoms with Gasteiger partial charge >= 0.3 is 0 Å². The molecule has 1 aliphatic heterocycles. The van der Waals surface area contributed by atoms with Crippen LogP contribution in [0.5, 0.6) is 0 Å². The molecule has 2 aromatic rings. The molecular weight excluding hydrogens is 384 g/mol. The van der Waals surface area contributed by atoms with Crippen molar-refractivity contribution < 1.29 is 24.8 Å². The number of guanidine groups is 1. The molecule has 1 aromatic heterocycles. The Hall–Kier alpha value is -1.82. The molecule has 0 spiro atoms. The quantitative estimate of drug-likeness (QED) is 0.344. The Bertz CT molecular complexity index is 766. The molecule has 1 saturated heterocycles. The van der Waals surface area contributed by atoms with E-state index >= 15 is 0 Å². The molecule has 0 bridgehead atoms. The zero-order valence-electron chi connectivity index (χ0n) is 15.8. The highest BCUT2D eigenvalue weighted by Crippen LogP contribution is 2.25. The molecule has 2 heterocycles. The number of anilines is 1. The molecule has 5 atom stereocenters. The number of nitrogens with one attached hydrogen (secondary N) is 2. The van der Waals surface area contributed by atoms with Crippen molar-refractivity contribution in [2.75, 3.05) is 25.5 Å². The van der Waals surface area contributed by atoms with Crippen LogP contribution >= 0.6 is 11.3 Å². The largest absolute Gasteiger partial charge is 0.388 e. The number of thiazole rings is 1. The summed E-state index contributed by atoms with van der Waals surface area (Å²) in [7, 11) is 1.36. The maximum Gasteiger partial charge on any atom is 0.197 e. The van der Waals surface area contributed by atoms with Gasteiger partial charge in [0.05, 0.1) is 16.8 Å². The van der Waals surface area contributed by atoms with E-state index in [1.807, 2.05) is 31.2 Å². The summed E-state index contributed by atoms with van der Waals surface area (Å²) in [4.78, 5) is 8.99. The lowest BCUT2D eigenvalue weighted by Crippen LogP contribution is -2.58. The number of hydrogen-bond donors (Lipinski definition) is 5. The minimum absolute atomic E-state index is 0.0642. The van der Waals surface area contributed by atoms with Crippen molar-refractivity contribution in [2.45, 2.75) is 44.1 Å². The van der Waals surface area contributed by atoms with Gasteiger partial charge in [0, 0.05) is 13.7 Å². The number of methoxy groups -OCH3 is 1. The van der Waals surface area contributed by atoms with E-state index in [4.69, 9.17) is 9.47 Å². The average molecular weight is 410 g/mol. The number of hydrogen-bond acceptors (Lipinski definition) is 8. The molecule has 154 valence electrons. The number of aliphatic hydroxyl groups excluding tert-OH is 3. The number of aliphatic imine (C=N–C) groups is 1. The Kier molecular flexibility index (Phi) is 7.16. The Morgan fingerprint density at radius 3 is 2.75 bits per heavy atom. The van der Waals surface area contributed by atoms with Crippen molar-refractivity contribution in [3.05, 3.63) is 24.3 Å². The first-order valence-electron chi connectivity index (χ1n) is 9.16. The first kappa shape index (κ1) is 20.9. The second-order valence-corrected chi connectivity index (χ2v) is 7.51. The normalized spacial score (nSPS) is 28.5. The summed E-state index contributed by atoms with van der Waals surface area (Å²) in [6, 6.07) is 7.84. The van der Waals surface area contributed by atoms with E-state index in [0.717, 1.165) is 16.6 Å². The van der Waals surface area contributed by atoms with Crippen molar-refractivity contribution in [3.8, 4) is 0 Å². The number of aliphatic hydroxyl groups is 3. The maximum absolute atomic E-state index is 10.2. The Morgan fingerprint density at radius 1 is 1.25 bits per heavy atom. The van der Waals surface area contributed by atoms with E-state index < -0.39 is 30.7 Å². The molecule has 5 N–H and O–H groups in total.